The molecule has 1 fully saturated rings. The summed E-state index contributed by atoms with van der Waals surface area (Å²) in [6.45, 7) is 1.23. The highest BCUT2D eigenvalue weighted by atomic mass is 16.5. The summed E-state index contributed by atoms with van der Waals surface area (Å²) in [6, 6.07) is -10.2. The molecule has 25 nitrogen and oxygen atoms in total. The van der Waals surface area contributed by atoms with Gasteiger partial charge in [0, 0.05) is 39.9 Å². The smallest absolute Gasteiger partial charge is 0.326 e. The third-order valence-electron chi connectivity index (χ3n) is 10.5. The number of hydroxylamine groups is 4. The molecule has 3 unspecified atom stereocenters. The first-order chi connectivity index (χ1) is 31.8. The van der Waals surface area contributed by atoms with Crippen LogP contribution in [0.25, 0.3) is 0 Å². The van der Waals surface area contributed by atoms with Crippen molar-refractivity contribution in [2.75, 3.05) is 32.8 Å². The first-order valence-electron chi connectivity index (χ1n) is 22.6. The Morgan fingerprint density at radius 3 is 1.70 bits per heavy atom. The van der Waals surface area contributed by atoms with E-state index in [1.165, 1.54) is 19.3 Å². The van der Waals surface area contributed by atoms with Crippen LogP contribution in [0.1, 0.15) is 117 Å². The molecule has 1 aliphatic heterocycles. The molecule has 0 aliphatic carbocycles. The number of allylic oxidation sites excluding steroid dienone is 2. The van der Waals surface area contributed by atoms with E-state index in [1.807, 2.05) is 0 Å². The molecule has 1 rings (SSSR count). The minimum Gasteiger partial charge on any atom is -0.480 e. The Morgan fingerprint density at radius 1 is 0.687 bits per heavy atom. The number of carbonyl (C=O) groups is 10. The fourth-order valence-corrected chi connectivity index (χ4v) is 6.52. The molecule has 0 bridgehead atoms. The van der Waals surface area contributed by atoms with Crippen molar-refractivity contribution < 1.29 is 78.8 Å². The van der Waals surface area contributed by atoms with Crippen LogP contribution in [0.15, 0.2) is 12.2 Å². The number of aliphatic carboxylic acids is 1. The quantitative estimate of drug-likeness (QED) is 0.0146. The molecule has 1 heterocycles. The lowest BCUT2D eigenvalue weighted by molar-refractivity contribution is -0.163. The summed E-state index contributed by atoms with van der Waals surface area (Å²) >= 11 is 0. The van der Waals surface area contributed by atoms with Crippen molar-refractivity contribution in [3.63, 3.8) is 0 Å². The first-order valence-corrected chi connectivity index (χ1v) is 22.6. The molecule has 0 aromatic rings. The van der Waals surface area contributed by atoms with Gasteiger partial charge in [-0.15, -0.1) is 0 Å². The minimum atomic E-state index is -2.03. The normalized spacial score (nSPS) is 18.0. The van der Waals surface area contributed by atoms with Gasteiger partial charge < -0.3 is 57.6 Å². The van der Waals surface area contributed by atoms with Crippen molar-refractivity contribution >= 4 is 59.1 Å². The Kier molecular flexibility index (Phi) is 29.0. The van der Waals surface area contributed by atoms with Crippen LogP contribution < -0.4 is 37.2 Å². The second-order valence-corrected chi connectivity index (χ2v) is 16.1. The fourth-order valence-electron chi connectivity index (χ4n) is 6.52. The molecule has 13 N–H and O–H groups in total. The van der Waals surface area contributed by atoms with Crippen molar-refractivity contribution in [2.45, 2.75) is 159 Å². The van der Waals surface area contributed by atoms with Crippen LogP contribution in [0.2, 0.25) is 0 Å². The number of nitrogens with one attached hydrogen (secondary N) is 7. The lowest BCUT2D eigenvalue weighted by Crippen LogP contribution is -2.61. The molecular weight excluding hydrogens is 887 g/mol. The molecule has 1 aliphatic rings. The van der Waals surface area contributed by atoms with E-state index >= 15 is 0 Å². The summed E-state index contributed by atoms with van der Waals surface area (Å²) in [4.78, 5) is 127. The number of aliphatic hydroxyl groups excluding tert-OH is 3. The van der Waals surface area contributed by atoms with Gasteiger partial charge in [-0.3, -0.25) is 53.6 Å². The number of aliphatic hydroxyl groups is 3. The molecule has 0 spiro atoms. The Hall–Kier alpha value is -5.76. The Labute approximate surface area is 389 Å². The highest BCUT2D eigenvalue weighted by Gasteiger charge is 2.38. The van der Waals surface area contributed by atoms with E-state index in [9.17, 15) is 78.8 Å². The van der Waals surface area contributed by atoms with Gasteiger partial charge >= 0.3 is 5.97 Å². The molecule has 67 heavy (non-hydrogen) atoms. The predicted octanol–water partition coefficient (Wildman–Crippen LogP) is -2.64. The molecular formula is C42H71N9O16. The Balaban J connectivity index is 3.04. The summed E-state index contributed by atoms with van der Waals surface area (Å²) in [5.74, 6) is -10.3. The van der Waals surface area contributed by atoms with Gasteiger partial charge in [0.25, 0.3) is 5.91 Å². The number of carboxylic acid groups (broad SMARTS) is 1. The van der Waals surface area contributed by atoms with E-state index in [-0.39, 0.29) is 58.2 Å². The lowest BCUT2D eigenvalue weighted by atomic mass is 10.1. The van der Waals surface area contributed by atoms with E-state index in [1.54, 1.807) is 0 Å². The zero-order chi connectivity index (χ0) is 50.5. The van der Waals surface area contributed by atoms with Gasteiger partial charge in [0.2, 0.25) is 47.3 Å². The second-order valence-electron chi connectivity index (χ2n) is 16.1. The minimum absolute atomic E-state index is 0.0156. The second kappa shape index (κ2) is 32.8. The van der Waals surface area contributed by atoms with Crippen LogP contribution in [0.3, 0.4) is 0 Å². The summed E-state index contributed by atoms with van der Waals surface area (Å²) < 4.78 is 0. The van der Waals surface area contributed by atoms with Crippen LogP contribution in [0.5, 0.6) is 0 Å². The van der Waals surface area contributed by atoms with Gasteiger partial charge in [-0.25, -0.2) is 14.9 Å². The number of carboxylic acids is 1. The van der Waals surface area contributed by atoms with Crippen molar-refractivity contribution in [1.82, 2.24) is 47.3 Å². The maximum absolute atomic E-state index is 13.5. The number of unbranched alkanes of at least 4 members (excludes halogenated alkanes) is 7. The van der Waals surface area contributed by atoms with Crippen LogP contribution >= 0.6 is 0 Å². The number of amides is 9. The Morgan fingerprint density at radius 2 is 1.18 bits per heavy atom. The largest absolute Gasteiger partial charge is 0.480 e. The monoisotopic (exact) mass is 958 g/mol. The molecule has 0 aromatic heterocycles. The molecule has 380 valence electrons. The number of nitrogens with zero attached hydrogens (tertiary/aromatic N) is 2. The molecule has 7 atom stereocenters. The number of rotatable bonds is 31. The number of hydrogen-bond acceptors (Lipinski definition) is 15. The van der Waals surface area contributed by atoms with Gasteiger partial charge in [0.1, 0.15) is 36.3 Å². The van der Waals surface area contributed by atoms with Gasteiger partial charge in [-0.2, -0.15) is 0 Å². The SMILES string of the molecule is CCCCCC/C=C\CCCCCC(=O)NC1C(=O)NC(C(=O)N[C@H](CO)C(=O)N[C@H](CCCN(O)C(C)=O)C(=O)N[C@@H](CO)C(=O)N[C@@H](CCCN(O)C(C)=O)C(=O)O)CCNC(=O)C1O. The van der Waals surface area contributed by atoms with E-state index in [4.69, 9.17) is 0 Å². The van der Waals surface area contributed by atoms with E-state index in [0.717, 1.165) is 39.5 Å². The predicted molar refractivity (Wildman–Crippen MR) is 235 cm³/mol. The summed E-state index contributed by atoms with van der Waals surface area (Å²) in [5, 5.41) is 76.3. The summed E-state index contributed by atoms with van der Waals surface area (Å²) in [5.41, 5.74) is 0. The van der Waals surface area contributed by atoms with Crippen molar-refractivity contribution in [3.05, 3.63) is 12.2 Å². The highest BCUT2D eigenvalue weighted by molar-refractivity contribution is 5.99. The van der Waals surface area contributed by atoms with Gasteiger partial charge in [0.05, 0.1) is 13.2 Å². The van der Waals surface area contributed by atoms with Crippen LogP contribution in [-0.2, 0) is 47.9 Å². The van der Waals surface area contributed by atoms with Crippen molar-refractivity contribution in [1.29, 1.82) is 0 Å². The van der Waals surface area contributed by atoms with Gasteiger partial charge in [0.15, 0.2) is 6.10 Å². The van der Waals surface area contributed by atoms with Crippen molar-refractivity contribution in [2.24, 2.45) is 0 Å². The van der Waals surface area contributed by atoms with E-state index in [0.29, 0.717) is 23.0 Å². The van der Waals surface area contributed by atoms with E-state index in [2.05, 4.69) is 56.3 Å². The molecule has 0 saturated carbocycles. The van der Waals surface area contributed by atoms with Crippen molar-refractivity contribution in [3.8, 4) is 0 Å². The standard InChI is InChI=1S/C42H71N9O16/c1-4-5-6-7-8-9-10-11-12-13-14-19-33(56)49-34-35(57)41(63)43-21-20-29(45-40(34)62)37(59)48-31(24-52)38(60)44-28(17-15-22-50(66)26(2)54)36(58)47-32(25-53)39(61)46-30(42(64)65)18-16-23-51(67)27(3)55/h9-10,28-32,34-35,52-53,57,66-67H,4-8,11-25H2,1-3H3,(H,43,63)(H,44,60)(H,45,62)(H,46,61)(H,47,58)(H,48,59)(H,49,56)(H,64,65)/b10-9-/t28-,29?,30+,31-,32+,34?,35?/m1/s1. The maximum Gasteiger partial charge on any atom is 0.326 e. The zero-order valence-corrected chi connectivity index (χ0v) is 38.5. The Bertz CT molecular complexity index is 1680. The van der Waals surface area contributed by atoms with Crippen LogP contribution in [-0.4, -0.2) is 175 Å². The topological polar surface area (TPSA) is 383 Å². The van der Waals surface area contributed by atoms with Gasteiger partial charge in [-0.05, 0) is 64.2 Å². The average Bonchev–Trinajstić information content (AvgIpc) is 3.33. The summed E-state index contributed by atoms with van der Waals surface area (Å²) in [7, 11) is 0. The van der Waals surface area contributed by atoms with E-state index < -0.39 is 115 Å². The van der Waals surface area contributed by atoms with Gasteiger partial charge in [-0.1, -0.05) is 44.8 Å². The fraction of sp³-hybridized carbons (Fsp3) is 0.714. The molecule has 9 amide bonds. The first kappa shape index (κ1) is 59.3. The molecule has 25 heteroatoms. The number of carbonyl (C=O) groups excluding carboxylic acids is 9. The average molecular weight is 958 g/mol. The number of hydrogen-bond donors (Lipinski definition) is 13. The molecule has 0 aromatic carbocycles. The molecule has 1 saturated heterocycles. The third kappa shape index (κ3) is 23.5. The lowest BCUT2D eigenvalue weighted by Gasteiger charge is -2.26. The zero-order valence-electron chi connectivity index (χ0n) is 38.5. The third-order valence-corrected chi connectivity index (χ3v) is 10.5. The molecule has 0 radical (unpaired) electrons. The maximum atomic E-state index is 13.5. The van der Waals surface area contributed by atoms with Crippen LogP contribution in [0.4, 0.5) is 0 Å². The highest BCUT2D eigenvalue weighted by Crippen LogP contribution is 2.10. The summed E-state index contributed by atoms with van der Waals surface area (Å²) in [6.07, 6.45) is 9.58. The van der Waals surface area contributed by atoms with Crippen LogP contribution in [0, 0.1) is 0 Å².